The van der Waals surface area contributed by atoms with Crippen molar-refractivity contribution in [2.75, 3.05) is 7.11 Å². The third-order valence-corrected chi connectivity index (χ3v) is 3.55. The van der Waals surface area contributed by atoms with Crippen LogP contribution in [0.2, 0.25) is 0 Å². The van der Waals surface area contributed by atoms with E-state index in [0.29, 0.717) is 11.3 Å². The molecule has 0 radical (unpaired) electrons. The molecule has 0 amide bonds. The normalized spacial score (nSPS) is 11.4. The number of rotatable bonds is 6. The molecule has 0 unspecified atom stereocenters. The van der Waals surface area contributed by atoms with E-state index in [1.54, 1.807) is 6.92 Å². The van der Waals surface area contributed by atoms with Crippen molar-refractivity contribution >= 4 is 22.9 Å². The predicted molar refractivity (Wildman–Crippen MR) is 91.2 cm³/mol. The van der Waals surface area contributed by atoms with Gasteiger partial charge in [0.2, 0.25) is 0 Å². The summed E-state index contributed by atoms with van der Waals surface area (Å²) in [6, 6.07) is 2.67. The van der Waals surface area contributed by atoms with Crippen molar-refractivity contribution in [2.45, 2.75) is 26.9 Å². The molecular formula is C18H18O8. The zero-order chi connectivity index (χ0) is 19.4. The monoisotopic (exact) mass is 362 g/mol. The van der Waals surface area contributed by atoms with Gasteiger partial charge in [-0.25, -0.2) is 4.79 Å². The van der Waals surface area contributed by atoms with Crippen molar-refractivity contribution in [2.24, 2.45) is 0 Å². The number of fused-ring (bicyclic) bond motifs is 1. The Hall–Kier alpha value is -3.29. The van der Waals surface area contributed by atoms with Crippen LogP contribution in [0.15, 0.2) is 33.0 Å². The molecular weight excluding hydrogens is 344 g/mol. The maximum Gasteiger partial charge on any atom is 0.331 e. The van der Waals surface area contributed by atoms with Gasteiger partial charge in [0.25, 0.3) is 0 Å². The van der Waals surface area contributed by atoms with E-state index in [1.807, 2.05) is 0 Å². The lowest BCUT2D eigenvalue weighted by molar-refractivity contribution is -0.139. The maximum absolute atomic E-state index is 12.1. The van der Waals surface area contributed by atoms with E-state index < -0.39 is 23.1 Å². The second kappa shape index (κ2) is 7.73. The Morgan fingerprint density at radius 1 is 1.31 bits per heavy atom. The highest BCUT2D eigenvalue weighted by atomic mass is 16.5. The first-order chi connectivity index (χ1) is 12.2. The minimum atomic E-state index is -1.07. The van der Waals surface area contributed by atoms with Gasteiger partial charge in [-0.15, -0.1) is 0 Å². The van der Waals surface area contributed by atoms with Crippen LogP contribution >= 0.6 is 0 Å². The number of esters is 1. The predicted octanol–water partition coefficient (Wildman–Crippen LogP) is 2.28. The molecule has 0 fully saturated rings. The SMILES string of the molecule is COc1cc2oc(C)cc(=O)c2c(O)c1COC(=O)/C=C(\C)CC(=O)O. The van der Waals surface area contributed by atoms with Crippen molar-refractivity contribution in [1.29, 1.82) is 0 Å². The van der Waals surface area contributed by atoms with Gasteiger partial charge in [0.1, 0.15) is 34.8 Å². The summed E-state index contributed by atoms with van der Waals surface area (Å²) in [5.74, 6) is -1.68. The third-order valence-electron chi connectivity index (χ3n) is 3.55. The summed E-state index contributed by atoms with van der Waals surface area (Å²) in [6.45, 7) is 2.72. The van der Waals surface area contributed by atoms with Gasteiger partial charge < -0.3 is 24.1 Å². The summed E-state index contributed by atoms with van der Waals surface area (Å²) in [5, 5.41) is 19.1. The van der Waals surface area contributed by atoms with Crippen LogP contribution in [-0.4, -0.2) is 29.3 Å². The van der Waals surface area contributed by atoms with E-state index >= 15 is 0 Å². The number of hydrogen-bond donors (Lipinski definition) is 2. The molecule has 0 spiro atoms. The van der Waals surface area contributed by atoms with Gasteiger partial charge >= 0.3 is 11.9 Å². The lowest BCUT2D eigenvalue weighted by Crippen LogP contribution is -2.07. The van der Waals surface area contributed by atoms with Crippen LogP contribution in [0.25, 0.3) is 11.0 Å². The Bertz CT molecular complexity index is 952. The number of carbonyl (C=O) groups excluding carboxylic acids is 1. The van der Waals surface area contributed by atoms with Crippen LogP contribution < -0.4 is 10.2 Å². The lowest BCUT2D eigenvalue weighted by Gasteiger charge is -2.12. The minimum absolute atomic E-state index is 0.0416. The zero-order valence-electron chi connectivity index (χ0n) is 14.5. The number of carboxylic acids is 1. The first kappa shape index (κ1) is 19.0. The van der Waals surface area contributed by atoms with Crippen molar-refractivity contribution in [3.05, 3.63) is 45.3 Å². The number of methoxy groups -OCH3 is 1. The average Bonchev–Trinajstić information content (AvgIpc) is 2.51. The maximum atomic E-state index is 12.1. The van der Waals surface area contributed by atoms with Gasteiger partial charge in [0.15, 0.2) is 5.43 Å². The highest BCUT2D eigenvalue weighted by Gasteiger charge is 2.19. The molecule has 0 saturated carbocycles. The van der Waals surface area contributed by atoms with Gasteiger partial charge in [0, 0.05) is 18.2 Å². The molecule has 138 valence electrons. The summed E-state index contributed by atoms with van der Waals surface area (Å²) in [7, 11) is 1.36. The fourth-order valence-electron chi connectivity index (χ4n) is 2.44. The first-order valence-electron chi connectivity index (χ1n) is 7.62. The number of ether oxygens (including phenoxy) is 2. The quantitative estimate of drug-likeness (QED) is 0.592. The molecule has 2 rings (SSSR count). The van der Waals surface area contributed by atoms with Crippen LogP contribution in [0, 0.1) is 6.92 Å². The van der Waals surface area contributed by atoms with E-state index in [1.165, 1.54) is 26.2 Å². The van der Waals surface area contributed by atoms with Crippen LogP contribution in [-0.2, 0) is 20.9 Å². The Kier molecular flexibility index (Phi) is 5.66. The topological polar surface area (TPSA) is 123 Å². The summed E-state index contributed by atoms with van der Waals surface area (Å²) in [4.78, 5) is 34.5. The number of carbonyl (C=O) groups is 2. The molecule has 8 heteroatoms. The highest BCUT2D eigenvalue weighted by molar-refractivity contribution is 5.87. The van der Waals surface area contributed by atoms with Gasteiger partial charge in [-0.1, -0.05) is 5.57 Å². The van der Waals surface area contributed by atoms with E-state index in [0.717, 1.165) is 6.08 Å². The molecule has 0 aliphatic rings. The van der Waals surface area contributed by atoms with Crippen LogP contribution in [0.5, 0.6) is 11.5 Å². The molecule has 0 aliphatic heterocycles. The summed E-state index contributed by atoms with van der Waals surface area (Å²) >= 11 is 0. The molecule has 0 bridgehead atoms. The van der Waals surface area contributed by atoms with E-state index in [2.05, 4.69) is 0 Å². The molecule has 0 saturated heterocycles. The van der Waals surface area contributed by atoms with E-state index in [4.69, 9.17) is 19.0 Å². The number of aliphatic carboxylic acids is 1. The summed E-state index contributed by atoms with van der Waals surface area (Å²) < 4.78 is 15.6. The Labute approximate surface area is 148 Å². The van der Waals surface area contributed by atoms with Gasteiger partial charge in [-0.05, 0) is 13.8 Å². The fourth-order valence-corrected chi connectivity index (χ4v) is 2.44. The van der Waals surface area contributed by atoms with E-state index in [-0.39, 0.29) is 35.3 Å². The molecule has 1 aromatic heterocycles. The number of phenolic OH excluding ortho intramolecular Hbond substituents is 1. The first-order valence-corrected chi connectivity index (χ1v) is 7.62. The third kappa shape index (κ3) is 4.21. The Balaban J connectivity index is 2.35. The number of benzene rings is 1. The average molecular weight is 362 g/mol. The summed E-state index contributed by atoms with van der Waals surface area (Å²) in [6.07, 6.45) is 0.760. The second-order valence-corrected chi connectivity index (χ2v) is 5.67. The second-order valence-electron chi connectivity index (χ2n) is 5.67. The molecule has 26 heavy (non-hydrogen) atoms. The summed E-state index contributed by atoms with van der Waals surface area (Å²) in [5.41, 5.74) is 0.132. The zero-order valence-corrected chi connectivity index (χ0v) is 14.5. The lowest BCUT2D eigenvalue weighted by atomic mass is 10.1. The fraction of sp³-hybridized carbons (Fsp3) is 0.278. The van der Waals surface area contributed by atoms with Crippen molar-refractivity contribution in [1.82, 2.24) is 0 Å². The van der Waals surface area contributed by atoms with Crippen LogP contribution in [0.3, 0.4) is 0 Å². The van der Waals surface area contributed by atoms with E-state index in [9.17, 15) is 19.5 Å². The van der Waals surface area contributed by atoms with Gasteiger partial charge in [0.05, 0.1) is 19.1 Å². The smallest absolute Gasteiger partial charge is 0.331 e. The molecule has 0 atom stereocenters. The molecule has 1 aromatic carbocycles. The molecule has 0 aliphatic carbocycles. The minimum Gasteiger partial charge on any atom is -0.506 e. The van der Waals surface area contributed by atoms with Crippen LogP contribution in [0.4, 0.5) is 0 Å². The van der Waals surface area contributed by atoms with Crippen molar-refractivity contribution in [3.8, 4) is 11.5 Å². The highest BCUT2D eigenvalue weighted by Crippen LogP contribution is 2.35. The number of aryl methyl sites for hydroxylation is 1. The van der Waals surface area contributed by atoms with Crippen molar-refractivity contribution < 1.29 is 33.7 Å². The molecule has 2 N–H and O–H groups in total. The van der Waals surface area contributed by atoms with Crippen LogP contribution in [0.1, 0.15) is 24.7 Å². The molecule has 1 heterocycles. The van der Waals surface area contributed by atoms with Gasteiger partial charge in [-0.2, -0.15) is 0 Å². The molecule has 2 aromatic rings. The van der Waals surface area contributed by atoms with Crippen molar-refractivity contribution in [3.63, 3.8) is 0 Å². The largest absolute Gasteiger partial charge is 0.506 e. The molecule has 8 nitrogen and oxygen atoms in total. The standard InChI is InChI=1S/C18H18O8/c1-9(4-15(20)21)5-16(22)25-8-11-13(24-3)7-14-17(18(11)23)12(19)6-10(2)26-14/h5-7,23H,4,8H2,1-3H3,(H,20,21)/b9-5+. The van der Waals surface area contributed by atoms with Gasteiger partial charge in [-0.3, -0.25) is 9.59 Å². The Morgan fingerprint density at radius 3 is 2.62 bits per heavy atom. The number of hydrogen-bond acceptors (Lipinski definition) is 7. The number of carboxylic acid groups (broad SMARTS) is 1. The number of phenols is 1. The Morgan fingerprint density at radius 2 is 2.00 bits per heavy atom. The number of aromatic hydroxyl groups is 1.